The standard InChI is InChI=1S/C21H18O6/c1-27-21(26)20(18(24)12-10-14-6-2-4-8-16(14)22)19(25)13-11-15-7-3-5-9-17(15)23/h2-13,20,22-23H,1H3. The van der Waals surface area contributed by atoms with Crippen LogP contribution in [0.3, 0.4) is 0 Å². The number of ketones is 2. The van der Waals surface area contributed by atoms with Gasteiger partial charge in [-0.2, -0.15) is 0 Å². The number of phenolic OH excluding ortho intramolecular Hbond substituents is 2. The highest BCUT2D eigenvalue weighted by Crippen LogP contribution is 2.19. The summed E-state index contributed by atoms with van der Waals surface area (Å²) in [5.41, 5.74) is 0.735. The number of para-hydroxylation sites is 2. The van der Waals surface area contributed by atoms with Crippen LogP contribution in [0.4, 0.5) is 0 Å². The van der Waals surface area contributed by atoms with Crippen LogP contribution in [0.1, 0.15) is 11.1 Å². The first kappa shape index (κ1) is 19.7. The first-order valence-electron chi connectivity index (χ1n) is 8.01. The summed E-state index contributed by atoms with van der Waals surface area (Å²) in [5, 5.41) is 19.4. The highest BCUT2D eigenvalue weighted by molar-refractivity contribution is 6.24. The molecule has 0 aromatic heterocycles. The van der Waals surface area contributed by atoms with E-state index < -0.39 is 23.5 Å². The van der Waals surface area contributed by atoms with E-state index in [0.29, 0.717) is 11.1 Å². The molecule has 0 amide bonds. The van der Waals surface area contributed by atoms with Crippen molar-refractivity contribution in [3.8, 4) is 11.5 Å². The van der Waals surface area contributed by atoms with Gasteiger partial charge in [0.05, 0.1) is 7.11 Å². The topological polar surface area (TPSA) is 101 Å². The van der Waals surface area contributed by atoms with Gasteiger partial charge in [-0.05, 0) is 36.4 Å². The molecule has 0 atom stereocenters. The number of ether oxygens (including phenoxy) is 1. The average molecular weight is 366 g/mol. The van der Waals surface area contributed by atoms with Gasteiger partial charge in [-0.1, -0.05) is 36.4 Å². The van der Waals surface area contributed by atoms with Gasteiger partial charge in [-0.15, -0.1) is 0 Å². The SMILES string of the molecule is COC(=O)C(C(=O)C=Cc1ccccc1O)C(=O)C=Cc1ccccc1O. The van der Waals surface area contributed by atoms with Gasteiger partial charge in [0.1, 0.15) is 11.5 Å². The van der Waals surface area contributed by atoms with Crippen LogP contribution < -0.4 is 0 Å². The predicted molar refractivity (Wildman–Crippen MR) is 99.8 cm³/mol. The number of hydrogen-bond acceptors (Lipinski definition) is 6. The zero-order chi connectivity index (χ0) is 19.8. The van der Waals surface area contributed by atoms with Crippen molar-refractivity contribution in [2.75, 3.05) is 7.11 Å². The third-order valence-electron chi connectivity index (χ3n) is 3.73. The maximum atomic E-state index is 12.4. The van der Waals surface area contributed by atoms with Crippen LogP contribution in [0.2, 0.25) is 0 Å². The molecule has 6 heteroatoms. The van der Waals surface area contributed by atoms with Gasteiger partial charge in [-0.3, -0.25) is 14.4 Å². The fourth-order valence-corrected chi connectivity index (χ4v) is 2.28. The van der Waals surface area contributed by atoms with Gasteiger partial charge >= 0.3 is 5.97 Å². The van der Waals surface area contributed by atoms with E-state index in [1.165, 1.54) is 24.3 Å². The summed E-state index contributed by atoms with van der Waals surface area (Å²) < 4.78 is 4.56. The van der Waals surface area contributed by atoms with E-state index >= 15 is 0 Å². The lowest BCUT2D eigenvalue weighted by atomic mass is 9.97. The smallest absolute Gasteiger partial charge is 0.324 e. The average Bonchev–Trinajstić information content (AvgIpc) is 2.66. The number of rotatable bonds is 7. The number of allylic oxidation sites excluding steroid dienone is 2. The zero-order valence-corrected chi connectivity index (χ0v) is 14.5. The van der Waals surface area contributed by atoms with Gasteiger partial charge in [-0.25, -0.2) is 0 Å². The first-order valence-corrected chi connectivity index (χ1v) is 8.01. The molecule has 0 spiro atoms. The minimum atomic E-state index is -1.67. The Kier molecular flexibility index (Phi) is 6.66. The molecule has 2 rings (SSSR count). The molecule has 2 aromatic rings. The molecule has 138 valence electrons. The van der Waals surface area contributed by atoms with Crippen molar-refractivity contribution in [2.45, 2.75) is 0 Å². The van der Waals surface area contributed by atoms with Crippen LogP contribution in [0.5, 0.6) is 11.5 Å². The largest absolute Gasteiger partial charge is 0.507 e. The van der Waals surface area contributed by atoms with Crippen molar-refractivity contribution in [2.24, 2.45) is 5.92 Å². The number of hydrogen-bond donors (Lipinski definition) is 2. The third kappa shape index (κ3) is 5.15. The van der Waals surface area contributed by atoms with E-state index in [1.807, 2.05) is 0 Å². The highest BCUT2D eigenvalue weighted by Gasteiger charge is 2.31. The molecule has 0 unspecified atom stereocenters. The summed E-state index contributed by atoms with van der Waals surface area (Å²) in [7, 11) is 1.08. The molecule has 0 bridgehead atoms. The zero-order valence-electron chi connectivity index (χ0n) is 14.5. The summed E-state index contributed by atoms with van der Waals surface area (Å²) in [4.78, 5) is 36.7. The summed E-state index contributed by atoms with van der Waals surface area (Å²) in [6.45, 7) is 0. The Balaban J connectivity index is 2.22. The molecular weight excluding hydrogens is 348 g/mol. The summed E-state index contributed by atoms with van der Waals surface area (Å²) in [5.74, 6) is -4.30. The Morgan fingerprint density at radius 3 is 1.59 bits per heavy atom. The fourth-order valence-electron chi connectivity index (χ4n) is 2.28. The molecule has 0 aliphatic carbocycles. The molecule has 0 saturated heterocycles. The highest BCUT2D eigenvalue weighted by atomic mass is 16.5. The van der Waals surface area contributed by atoms with Gasteiger partial charge in [0, 0.05) is 11.1 Å². The van der Waals surface area contributed by atoms with E-state index in [9.17, 15) is 24.6 Å². The fraction of sp³-hybridized carbons (Fsp3) is 0.0952. The Morgan fingerprint density at radius 2 is 1.22 bits per heavy atom. The molecule has 0 radical (unpaired) electrons. The van der Waals surface area contributed by atoms with E-state index in [4.69, 9.17) is 0 Å². The number of phenols is 2. The number of methoxy groups -OCH3 is 1. The van der Waals surface area contributed by atoms with Gasteiger partial charge in [0.15, 0.2) is 17.5 Å². The lowest BCUT2D eigenvalue weighted by Gasteiger charge is -2.08. The second-order valence-corrected chi connectivity index (χ2v) is 5.55. The van der Waals surface area contributed by atoms with Crippen molar-refractivity contribution < 1.29 is 29.3 Å². The van der Waals surface area contributed by atoms with Crippen molar-refractivity contribution in [3.63, 3.8) is 0 Å². The summed E-state index contributed by atoms with van der Waals surface area (Å²) >= 11 is 0. The molecule has 0 aliphatic heterocycles. The van der Waals surface area contributed by atoms with Crippen LogP contribution >= 0.6 is 0 Å². The minimum absolute atomic E-state index is 0.0399. The molecule has 0 heterocycles. The Bertz CT molecular complexity index is 843. The van der Waals surface area contributed by atoms with E-state index in [1.54, 1.807) is 36.4 Å². The molecule has 6 nitrogen and oxygen atoms in total. The van der Waals surface area contributed by atoms with E-state index in [0.717, 1.165) is 19.3 Å². The summed E-state index contributed by atoms with van der Waals surface area (Å²) in [6.07, 6.45) is 4.71. The molecule has 2 aromatic carbocycles. The summed E-state index contributed by atoms with van der Waals surface area (Å²) in [6, 6.07) is 12.6. The minimum Gasteiger partial charge on any atom is -0.507 e. The number of aromatic hydroxyl groups is 2. The predicted octanol–water partition coefficient (Wildman–Crippen LogP) is 2.75. The number of carbonyl (C=O) groups is 3. The van der Waals surface area contributed by atoms with E-state index in [-0.39, 0.29) is 11.5 Å². The molecule has 0 saturated carbocycles. The molecule has 27 heavy (non-hydrogen) atoms. The van der Waals surface area contributed by atoms with Gasteiger partial charge in [0.25, 0.3) is 0 Å². The molecular formula is C21H18O6. The lowest BCUT2D eigenvalue weighted by Crippen LogP contribution is -2.30. The van der Waals surface area contributed by atoms with E-state index in [2.05, 4.69) is 4.74 Å². The molecule has 2 N–H and O–H groups in total. The van der Waals surface area contributed by atoms with Crippen molar-refractivity contribution >= 4 is 29.7 Å². The number of esters is 1. The van der Waals surface area contributed by atoms with Gasteiger partial charge < -0.3 is 14.9 Å². The quantitative estimate of drug-likeness (QED) is 0.444. The molecule has 0 fully saturated rings. The maximum absolute atomic E-state index is 12.4. The second kappa shape index (κ2) is 9.15. The molecule has 0 aliphatic rings. The van der Waals surface area contributed by atoms with Crippen LogP contribution in [-0.4, -0.2) is 34.9 Å². The maximum Gasteiger partial charge on any atom is 0.324 e. The van der Waals surface area contributed by atoms with Crippen molar-refractivity contribution in [1.29, 1.82) is 0 Å². The van der Waals surface area contributed by atoms with Crippen LogP contribution in [0.25, 0.3) is 12.2 Å². The van der Waals surface area contributed by atoms with Crippen LogP contribution in [0, 0.1) is 5.92 Å². The van der Waals surface area contributed by atoms with Crippen LogP contribution in [0.15, 0.2) is 60.7 Å². The van der Waals surface area contributed by atoms with Crippen molar-refractivity contribution in [1.82, 2.24) is 0 Å². The first-order chi connectivity index (χ1) is 12.9. The lowest BCUT2D eigenvalue weighted by molar-refractivity contribution is -0.150. The number of benzene rings is 2. The van der Waals surface area contributed by atoms with Crippen LogP contribution in [-0.2, 0) is 19.1 Å². The second-order valence-electron chi connectivity index (χ2n) is 5.55. The Morgan fingerprint density at radius 1 is 0.815 bits per heavy atom. The Labute approximate surface area is 156 Å². The Hall–Kier alpha value is -3.67. The van der Waals surface area contributed by atoms with Gasteiger partial charge in [0.2, 0.25) is 0 Å². The normalized spacial score (nSPS) is 12.2. The third-order valence-corrected chi connectivity index (χ3v) is 3.73. The monoisotopic (exact) mass is 366 g/mol. The van der Waals surface area contributed by atoms with Crippen molar-refractivity contribution in [3.05, 3.63) is 71.8 Å². The number of carbonyl (C=O) groups excluding carboxylic acids is 3.